The monoisotopic (exact) mass is 488 g/mol. The van der Waals surface area contributed by atoms with E-state index in [-0.39, 0.29) is 5.57 Å². The van der Waals surface area contributed by atoms with Crippen molar-refractivity contribution >= 4 is 5.97 Å². The maximum Gasteiger partial charge on any atom is 0.384 e. The summed E-state index contributed by atoms with van der Waals surface area (Å²) in [7, 11) is 0. The third kappa shape index (κ3) is 5.96. The Morgan fingerprint density at radius 3 is 1.81 bits per heavy atom. The van der Waals surface area contributed by atoms with Crippen molar-refractivity contribution in [1.82, 2.24) is 0 Å². The molecule has 0 fully saturated rings. The van der Waals surface area contributed by atoms with Crippen molar-refractivity contribution in [2.45, 2.75) is 55.5 Å². The third-order valence-electron chi connectivity index (χ3n) is 3.57. The topological polar surface area (TPSA) is 55.8 Å². The molecule has 1 atom stereocenters. The molecule has 31 heavy (non-hydrogen) atoms. The van der Waals surface area contributed by atoms with Gasteiger partial charge in [-0.1, -0.05) is 6.58 Å². The Kier molecular flexibility index (Phi) is 9.29. The maximum atomic E-state index is 13.5. The molecule has 0 aliphatic heterocycles. The minimum Gasteiger partial charge on any atom is -0.460 e. The van der Waals surface area contributed by atoms with E-state index in [0.717, 1.165) is 0 Å². The first kappa shape index (κ1) is 29.3. The maximum absolute atomic E-state index is 13.5. The van der Waals surface area contributed by atoms with Gasteiger partial charge in [0.25, 0.3) is 0 Å². The predicted molar refractivity (Wildman–Crippen MR) is 78.0 cm³/mol. The van der Waals surface area contributed by atoms with Gasteiger partial charge >= 0.3 is 42.0 Å². The van der Waals surface area contributed by atoms with Crippen LogP contribution >= 0.6 is 0 Å². The summed E-state index contributed by atoms with van der Waals surface area (Å²) in [6.45, 7) is 1.03. The zero-order valence-corrected chi connectivity index (χ0v) is 15.4. The summed E-state index contributed by atoms with van der Waals surface area (Å²) in [5.41, 5.74) is -0.0925. The Bertz CT molecular complexity index is 635. The van der Waals surface area contributed by atoms with E-state index in [2.05, 4.69) is 16.1 Å². The molecule has 0 aromatic heterocycles. The van der Waals surface area contributed by atoms with E-state index >= 15 is 0 Å². The summed E-state index contributed by atoms with van der Waals surface area (Å²) in [5.74, 6) is -36.5. The van der Waals surface area contributed by atoms with Crippen molar-refractivity contribution in [1.29, 1.82) is 0 Å². The van der Waals surface area contributed by atoms with Crippen LogP contribution in [0.25, 0.3) is 0 Å². The van der Waals surface area contributed by atoms with E-state index in [0.29, 0.717) is 0 Å². The summed E-state index contributed by atoms with van der Waals surface area (Å²) in [6.07, 6.45) is -9.74. The van der Waals surface area contributed by atoms with Gasteiger partial charge in [-0.15, -0.1) is 0 Å². The first-order valence-corrected chi connectivity index (χ1v) is 7.92. The van der Waals surface area contributed by atoms with Crippen molar-refractivity contribution in [2.75, 3.05) is 19.8 Å². The lowest BCUT2D eigenvalue weighted by Crippen LogP contribution is -2.68. The van der Waals surface area contributed by atoms with Crippen molar-refractivity contribution in [2.24, 2.45) is 0 Å². The number of aliphatic hydroxyl groups is 1. The Hall–Kier alpha value is -1.71. The smallest absolute Gasteiger partial charge is 0.384 e. The van der Waals surface area contributed by atoms with E-state index in [1.165, 1.54) is 6.92 Å². The lowest BCUT2D eigenvalue weighted by molar-refractivity contribution is -0.413. The Morgan fingerprint density at radius 2 is 1.39 bits per heavy atom. The quantitative estimate of drug-likeness (QED) is 0.182. The highest BCUT2D eigenvalue weighted by Gasteiger charge is 2.87. The first-order valence-electron chi connectivity index (χ1n) is 7.92. The number of rotatable bonds is 13. The van der Waals surface area contributed by atoms with Crippen molar-refractivity contribution < 1.29 is 72.1 Å². The number of aliphatic hydroxyl groups excluding tert-OH is 1. The number of carbonyl (C=O) groups excluding carboxylic acids is 1. The van der Waals surface area contributed by atoms with Gasteiger partial charge in [0.2, 0.25) is 0 Å². The number of halogens is 12. The highest BCUT2D eigenvalue weighted by Crippen LogP contribution is 2.58. The third-order valence-corrected chi connectivity index (χ3v) is 3.57. The number of alkyl halides is 12. The van der Waals surface area contributed by atoms with Crippen LogP contribution in [0.4, 0.5) is 52.7 Å². The van der Waals surface area contributed by atoms with Crippen LogP contribution in [0.1, 0.15) is 13.3 Å². The summed E-state index contributed by atoms with van der Waals surface area (Å²) < 4.78 is 164. The molecule has 0 spiro atoms. The van der Waals surface area contributed by atoms with Crippen LogP contribution in [0.5, 0.6) is 0 Å². The molecule has 0 aromatic carbocycles. The van der Waals surface area contributed by atoms with Gasteiger partial charge in [-0.25, -0.2) is 13.6 Å². The van der Waals surface area contributed by atoms with Crippen LogP contribution in [0.15, 0.2) is 12.2 Å². The molecular weight excluding hydrogens is 472 g/mol. The molecule has 16 heteroatoms. The predicted octanol–water partition coefficient (Wildman–Crippen LogP) is 4.31. The first-order chi connectivity index (χ1) is 13.7. The SMILES string of the molecule is C=C(C)C(=O)OCC(O)COCCC(F)(F)C(F)(F)C(F)(F)C(F)(F)C(F)(F)C(F)F. The van der Waals surface area contributed by atoms with Crippen LogP contribution in [-0.2, 0) is 14.3 Å². The number of hydrogen-bond donors (Lipinski definition) is 1. The van der Waals surface area contributed by atoms with Gasteiger partial charge < -0.3 is 14.6 Å². The highest BCUT2D eigenvalue weighted by atomic mass is 19.4. The van der Waals surface area contributed by atoms with Crippen molar-refractivity contribution in [3.05, 3.63) is 12.2 Å². The molecule has 0 saturated heterocycles. The fourth-order valence-corrected chi connectivity index (χ4v) is 1.69. The van der Waals surface area contributed by atoms with Crippen LogP contribution < -0.4 is 0 Å². The molecule has 0 amide bonds. The normalized spacial score (nSPS) is 15.2. The lowest BCUT2D eigenvalue weighted by atomic mass is 9.93. The molecule has 184 valence electrons. The van der Waals surface area contributed by atoms with Crippen molar-refractivity contribution in [3.8, 4) is 0 Å². The van der Waals surface area contributed by atoms with Gasteiger partial charge in [0.05, 0.1) is 13.2 Å². The fraction of sp³-hybridized carbons (Fsp3) is 0.800. The van der Waals surface area contributed by atoms with E-state index in [1.807, 2.05) is 0 Å². The Labute approximate surface area is 166 Å². The molecule has 0 aliphatic carbocycles. The van der Waals surface area contributed by atoms with E-state index in [4.69, 9.17) is 0 Å². The second kappa shape index (κ2) is 9.83. The lowest BCUT2D eigenvalue weighted by Gasteiger charge is -2.39. The second-order valence-electron chi connectivity index (χ2n) is 6.21. The van der Waals surface area contributed by atoms with E-state index in [1.54, 1.807) is 0 Å². The van der Waals surface area contributed by atoms with Crippen molar-refractivity contribution in [3.63, 3.8) is 0 Å². The molecule has 0 aromatic rings. The Morgan fingerprint density at radius 1 is 0.903 bits per heavy atom. The molecule has 0 radical (unpaired) electrons. The molecule has 4 nitrogen and oxygen atoms in total. The molecule has 0 bridgehead atoms. The van der Waals surface area contributed by atoms with Crippen LogP contribution in [-0.4, -0.2) is 73.0 Å². The molecule has 1 unspecified atom stereocenters. The Balaban J connectivity index is 5.13. The van der Waals surface area contributed by atoms with Crippen LogP contribution in [0, 0.1) is 0 Å². The zero-order valence-electron chi connectivity index (χ0n) is 15.4. The van der Waals surface area contributed by atoms with Crippen LogP contribution in [0.2, 0.25) is 0 Å². The van der Waals surface area contributed by atoms with Gasteiger partial charge in [-0.2, -0.15) is 43.9 Å². The molecule has 1 N–H and O–H groups in total. The molecule has 0 heterocycles. The average Bonchev–Trinajstić information content (AvgIpc) is 2.62. The minimum atomic E-state index is -7.60. The summed E-state index contributed by atoms with van der Waals surface area (Å²) in [5, 5.41) is 9.31. The van der Waals surface area contributed by atoms with Crippen LogP contribution in [0.3, 0.4) is 0 Å². The number of hydrogen-bond acceptors (Lipinski definition) is 4. The zero-order chi connectivity index (χ0) is 25.1. The van der Waals surface area contributed by atoms with Gasteiger partial charge in [0.15, 0.2) is 0 Å². The summed E-state index contributed by atoms with van der Waals surface area (Å²) >= 11 is 0. The number of esters is 1. The van der Waals surface area contributed by atoms with E-state index < -0.39 is 74.4 Å². The van der Waals surface area contributed by atoms with Gasteiger partial charge in [-0.05, 0) is 6.92 Å². The number of ether oxygens (including phenoxy) is 2. The minimum absolute atomic E-state index is 0.0925. The standard InChI is InChI=1S/C15H16F12O4/c1-7(2)9(29)31-6-8(28)5-30-4-3-11(18,19)13(22,23)15(26,27)14(24,25)12(20,21)10(16)17/h8,10,28H,1,3-6H2,2H3. The summed E-state index contributed by atoms with van der Waals surface area (Å²) in [4.78, 5) is 11.0. The van der Waals surface area contributed by atoms with Gasteiger partial charge in [0, 0.05) is 12.0 Å². The second-order valence-corrected chi connectivity index (χ2v) is 6.21. The average molecular weight is 488 g/mol. The van der Waals surface area contributed by atoms with E-state index in [9.17, 15) is 62.6 Å². The van der Waals surface area contributed by atoms with Gasteiger partial charge in [-0.3, -0.25) is 0 Å². The highest BCUT2D eigenvalue weighted by molar-refractivity contribution is 5.86. The molecule has 0 saturated carbocycles. The fourth-order valence-electron chi connectivity index (χ4n) is 1.69. The largest absolute Gasteiger partial charge is 0.460 e. The number of carbonyl (C=O) groups is 1. The molecular formula is C15H16F12O4. The van der Waals surface area contributed by atoms with Gasteiger partial charge in [0.1, 0.15) is 12.7 Å². The molecule has 0 rings (SSSR count). The summed E-state index contributed by atoms with van der Waals surface area (Å²) in [6, 6.07) is 0. The molecule has 0 aliphatic rings.